The van der Waals surface area contributed by atoms with E-state index in [0.717, 1.165) is 17.1 Å². The molecular formula is C52H35NS. The van der Waals surface area contributed by atoms with E-state index in [0.29, 0.717) is 0 Å². The first-order chi connectivity index (χ1) is 26.8. The Morgan fingerprint density at radius 3 is 1.17 bits per heavy atom. The summed E-state index contributed by atoms with van der Waals surface area (Å²) in [6, 6.07) is 77.0. The fourth-order valence-corrected chi connectivity index (χ4v) is 8.91. The highest BCUT2D eigenvalue weighted by molar-refractivity contribution is 7.18. The SMILES string of the molecule is c1ccc(-c2ccc(N(c3ccc(-c4ccc(-c5ccccc5)s4)cc3)c3ccc(-c4cccc5c6ccccc6c6ccccc6c45)cc3)cc2)cc1. The molecule has 0 atom stereocenters. The molecule has 0 unspecified atom stereocenters. The van der Waals surface area contributed by atoms with Crippen molar-refractivity contribution < 1.29 is 0 Å². The standard InChI is InChI=1S/C52H35NS/c1-3-12-36(13-4-1)37-22-28-41(29-23-37)53(43-32-26-40(27-33-43)51-35-34-50(54-51)39-14-5-2-6-15-39)42-30-24-38(25-31-42)44-20-11-21-49-47-17-8-7-16-45(47)46-18-9-10-19-48(46)52(44)49/h1-35H. The Balaban J connectivity index is 1.06. The van der Waals surface area contributed by atoms with Gasteiger partial charge in [-0.15, -0.1) is 11.3 Å². The van der Waals surface area contributed by atoms with Crippen molar-refractivity contribution in [2.75, 3.05) is 4.90 Å². The Hall–Kier alpha value is -6.74. The summed E-state index contributed by atoms with van der Waals surface area (Å²) in [4.78, 5) is 4.90. The molecule has 0 saturated carbocycles. The van der Waals surface area contributed by atoms with Crippen LogP contribution in [0.15, 0.2) is 212 Å². The van der Waals surface area contributed by atoms with E-state index in [2.05, 4.69) is 217 Å². The predicted molar refractivity (Wildman–Crippen MR) is 233 cm³/mol. The van der Waals surface area contributed by atoms with Crippen LogP contribution in [-0.4, -0.2) is 0 Å². The predicted octanol–water partition coefficient (Wildman–Crippen LogP) is 15.3. The largest absolute Gasteiger partial charge is 0.311 e. The molecule has 0 saturated heterocycles. The lowest BCUT2D eigenvalue weighted by Crippen LogP contribution is -2.09. The second-order valence-corrected chi connectivity index (χ2v) is 14.8. The zero-order valence-electron chi connectivity index (χ0n) is 29.6. The van der Waals surface area contributed by atoms with Crippen LogP contribution in [0, 0.1) is 0 Å². The molecule has 0 amide bonds. The quantitative estimate of drug-likeness (QED) is 0.149. The summed E-state index contributed by atoms with van der Waals surface area (Å²) in [7, 11) is 0. The van der Waals surface area contributed by atoms with E-state index in [-0.39, 0.29) is 0 Å². The first-order valence-electron chi connectivity index (χ1n) is 18.4. The molecular weight excluding hydrogens is 671 g/mol. The monoisotopic (exact) mass is 705 g/mol. The van der Waals surface area contributed by atoms with E-state index in [1.807, 2.05) is 11.3 Å². The van der Waals surface area contributed by atoms with E-state index >= 15 is 0 Å². The zero-order valence-corrected chi connectivity index (χ0v) is 30.4. The van der Waals surface area contributed by atoms with E-state index in [1.54, 1.807) is 0 Å². The Bertz CT molecular complexity index is 2850. The minimum Gasteiger partial charge on any atom is -0.311 e. The van der Waals surface area contributed by atoms with Crippen LogP contribution in [0.3, 0.4) is 0 Å². The Kier molecular flexibility index (Phi) is 8.09. The second kappa shape index (κ2) is 13.7. The second-order valence-electron chi connectivity index (χ2n) is 13.7. The van der Waals surface area contributed by atoms with Gasteiger partial charge < -0.3 is 4.90 Å². The third-order valence-electron chi connectivity index (χ3n) is 10.5. The van der Waals surface area contributed by atoms with Crippen molar-refractivity contribution in [1.29, 1.82) is 0 Å². The van der Waals surface area contributed by atoms with Gasteiger partial charge in [-0.05, 0) is 114 Å². The number of thiophene rings is 1. The van der Waals surface area contributed by atoms with Gasteiger partial charge in [-0.3, -0.25) is 0 Å². The molecule has 0 radical (unpaired) electrons. The maximum absolute atomic E-state index is 2.36. The van der Waals surface area contributed by atoms with Crippen molar-refractivity contribution in [3.63, 3.8) is 0 Å². The van der Waals surface area contributed by atoms with Crippen LogP contribution in [0.25, 0.3) is 75.5 Å². The van der Waals surface area contributed by atoms with Crippen LogP contribution in [0.5, 0.6) is 0 Å². The smallest absolute Gasteiger partial charge is 0.0462 e. The molecule has 0 bridgehead atoms. The summed E-state index contributed by atoms with van der Waals surface area (Å²) in [6.45, 7) is 0. The minimum atomic E-state index is 1.11. The minimum absolute atomic E-state index is 1.11. The molecule has 2 heteroatoms. The molecule has 0 aliphatic carbocycles. The average molecular weight is 706 g/mol. The Morgan fingerprint density at radius 2 is 0.630 bits per heavy atom. The third kappa shape index (κ3) is 5.74. The fourth-order valence-electron chi connectivity index (χ4n) is 7.89. The summed E-state index contributed by atoms with van der Waals surface area (Å²) >= 11 is 1.83. The van der Waals surface area contributed by atoms with Gasteiger partial charge in [-0.2, -0.15) is 0 Å². The molecule has 0 fully saturated rings. The van der Waals surface area contributed by atoms with Gasteiger partial charge in [-0.25, -0.2) is 0 Å². The van der Waals surface area contributed by atoms with Crippen molar-refractivity contribution in [1.82, 2.24) is 0 Å². The first kappa shape index (κ1) is 32.0. The maximum atomic E-state index is 2.36. The molecule has 254 valence electrons. The van der Waals surface area contributed by atoms with Crippen LogP contribution < -0.4 is 4.90 Å². The van der Waals surface area contributed by atoms with Gasteiger partial charge in [0.25, 0.3) is 0 Å². The van der Waals surface area contributed by atoms with Crippen LogP contribution in [0.4, 0.5) is 17.1 Å². The molecule has 1 aromatic heterocycles. The summed E-state index contributed by atoms with van der Waals surface area (Å²) in [6.07, 6.45) is 0. The number of nitrogens with zero attached hydrogens (tertiary/aromatic N) is 1. The molecule has 10 aromatic rings. The lowest BCUT2D eigenvalue weighted by molar-refractivity contribution is 1.28. The fraction of sp³-hybridized carbons (Fsp3) is 0. The molecule has 1 nitrogen and oxygen atoms in total. The number of hydrogen-bond donors (Lipinski definition) is 0. The summed E-state index contributed by atoms with van der Waals surface area (Å²) in [5.41, 5.74) is 10.7. The Labute approximate surface area is 319 Å². The van der Waals surface area contributed by atoms with Crippen LogP contribution in [0.2, 0.25) is 0 Å². The first-order valence-corrected chi connectivity index (χ1v) is 19.2. The van der Waals surface area contributed by atoms with Crippen molar-refractivity contribution in [3.8, 4) is 43.1 Å². The maximum Gasteiger partial charge on any atom is 0.0462 e. The molecule has 1 heterocycles. The highest BCUT2D eigenvalue weighted by Crippen LogP contribution is 2.43. The molecule has 0 aliphatic heterocycles. The summed E-state index contributed by atoms with van der Waals surface area (Å²) < 4.78 is 0. The van der Waals surface area contributed by atoms with Crippen molar-refractivity contribution in [2.24, 2.45) is 0 Å². The molecule has 0 aliphatic rings. The van der Waals surface area contributed by atoms with Crippen LogP contribution in [0.1, 0.15) is 0 Å². The normalized spacial score (nSPS) is 11.3. The average Bonchev–Trinajstić information content (AvgIpc) is 3.76. The van der Waals surface area contributed by atoms with E-state index < -0.39 is 0 Å². The molecule has 0 spiro atoms. The number of anilines is 3. The number of rotatable bonds is 7. The van der Waals surface area contributed by atoms with Gasteiger partial charge >= 0.3 is 0 Å². The van der Waals surface area contributed by atoms with E-state index in [9.17, 15) is 0 Å². The van der Waals surface area contributed by atoms with Crippen LogP contribution in [-0.2, 0) is 0 Å². The van der Waals surface area contributed by atoms with Crippen molar-refractivity contribution in [3.05, 3.63) is 212 Å². The van der Waals surface area contributed by atoms with E-state index in [1.165, 1.54) is 75.5 Å². The van der Waals surface area contributed by atoms with Crippen molar-refractivity contribution in [2.45, 2.75) is 0 Å². The Morgan fingerprint density at radius 1 is 0.259 bits per heavy atom. The lowest BCUT2D eigenvalue weighted by Gasteiger charge is -2.26. The number of fused-ring (bicyclic) bond motifs is 6. The van der Waals surface area contributed by atoms with Crippen molar-refractivity contribution >= 4 is 60.7 Å². The van der Waals surface area contributed by atoms with E-state index in [4.69, 9.17) is 0 Å². The van der Waals surface area contributed by atoms with Crippen LogP contribution >= 0.6 is 11.3 Å². The molecule has 0 N–H and O–H groups in total. The third-order valence-corrected chi connectivity index (χ3v) is 11.7. The number of benzene rings is 9. The van der Waals surface area contributed by atoms with Gasteiger partial charge in [-0.1, -0.05) is 164 Å². The van der Waals surface area contributed by atoms with Gasteiger partial charge in [0, 0.05) is 26.8 Å². The molecule has 54 heavy (non-hydrogen) atoms. The zero-order chi connectivity index (χ0) is 35.8. The topological polar surface area (TPSA) is 3.24 Å². The van der Waals surface area contributed by atoms with Gasteiger partial charge in [0.2, 0.25) is 0 Å². The van der Waals surface area contributed by atoms with Gasteiger partial charge in [0.05, 0.1) is 0 Å². The number of hydrogen-bond acceptors (Lipinski definition) is 2. The molecule has 10 rings (SSSR count). The summed E-state index contributed by atoms with van der Waals surface area (Å²) in [5, 5.41) is 7.74. The highest BCUT2D eigenvalue weighted by Gasteiger charge is 2.16. The van der Waals surface area contributed by atoms with Gasteiger partial charge in [0.1, 0.15) is 0 Å². The van der Waals surface area contributed by atoms with Gasteiger partial charge in [0.15, 0.2) is 0 Å². The summed E-state index contributed by atoms with van der Waals surface area (Å²) in [5.74, 6) is 0. The lowest BCUT2D eigenvalue weighted by atomic mass is 9.89. The highest BCUT2D eigenvalue weighted by atomic mass is 32.1. The molecule has 9 aromatic carbocycles.